The molecule has 17 heavy (non-hydrogen) atoms. The smallest absolute Gasteiger partial charge is 0.168 e. The van der Waals surface area contributed by atoms with Crippen LogP contribution in [0.5, 0.6) is 0 Å². The second kappa shape index (κ2) is 7.26. The molecule has 2 aliphatic heterocycles. The normalized spacial score (nSPS) is 37.8. The zero-order valence-electron chi connectivity index (χ0n) is 11.0. The van der Waals surface area contributed by atoms with Gasteiger partial charge in [0.15, 0.2) is 5.79 Å². The van der Waals surface area contributed by atoms with E-state index in [0.29, 0.717) is 12.2 Å². The van der Waals surface area contributed by atoms with Crippen molar-refractivity contribution in [3.8, 4) is 0 Å². The van der Waals surface area contributed by atoms with Gasteiger partial charge in [-0.3, -0.25) is 0 Å². The molecule has 0 aromatic heterocycles. The maximum Gasteiger partial charge on any atom is 0.168 e. The quantitative estimate of drug-likeness (QED) is 0.660. The number of rotatable bonds is 3. The third kappa shape index (κ3) is 4.04. The molecule has 2 nitrogen and oxygen atoms in total. The van der Waals surface area contributed by atoms with Crippen LogP contribution in [0.15, 0.2) is 0 Å². The molecule has 0 radical (unpaired) electrons. The Morgan fingerprint density at radius 2 is 1.71 bits per heavy atom. The van der Waals surface area contributed by atoms with Crippen molar-refractivity contribution in [2.45, 2.75) is 82.7 Å². The van der Waals surface area contributed by atoms with Gasteiger partial charge in [0.05, 0.1) is 6.10 Å². The summed E-state index contributed by atoms with van der Waals surface area (Å²) in [7, 11) is 0. The summed E-state index contributed by atoms with van der Waals surface area (Å²) in [5.74, 6) is -0.237. The molecule has 0 bridgehead atoms. The van der Waals surface area contributed by atoms with Gasteiger partial charge in [0.25, 0.3) is 0 Å². The summed E-state index contributed by atoms with van der Waals surface area (Å²) >= 11 is 0. The first kappa shape index (κ1) is 15.7. The van der Waals surface area contributed by atoms with E-state index in [-0.39, 0.29) is 26.9 Å². The fourth-order valence-electron chi connectivity index (χ4n) is 3.04. The molecule has 2 aliphatic rings. The Bertz CT molecular complexity index is 216. The molecule has 3 atom stereocenters. The van der Waals surface area contributed by atoms with Crippen LogP contribution in [0.4, 0.5) is 0 Å². The molecule has 2 rings (SSSR count). The molecular weight excluding hydrogens is 384 g/mol. The van der Waals surface area contributed by atoms with Crippen LogP contribution >= 0.6 is 0 Å². The van der Waals surface area contributed by atoms with E-state index in [1.165, 1.54) is 32.1 Å². The van der Waals surface area contributed by atoms with Crippen molar-refractivity contribution in [3.05, 3.63) is 6.92 Å². The van der Waals surface area contributed by atoms with Crippen molar-refractivity contribution in [1.82, 2.24) is 0 Å². The predicted octanol–water partition coefficient (Wildman–Crippen LogP) is 3.84. The maximum absolute atomic E-state index is 6.24. The molecule has 0 amide bonds. The SMILES string of the molecule is [CH2-]CC1CCCC2(CCCC(CCC)O2)O1.[W]. The molecule has 0 aromatic rings. The Morgan fingerprint density at radius 3 is 2.29 bits per heavy atom. The van der Waals surface area contributed by atoms with Crippen LogP contribution in [0.25, 0.3) is 0 Å². The van der Waals surface area contributed by atoms with Crippen molar-refractivity contribution in [2.75, 3.05) is 0 Å². The summed E-state index contributed by atoms with van der Waals surface area (Å²) in [6, 6.07) is 0. The minimum absolute atomic E-state index is 0. The van der Waals surface area contributed by atoms with E-state index in [2.05, 4.69) is 13.8 Å². The van der Waals surface area contributed by atoms with E-state index in [1.807, 2.05) is 0 Å². The maximum atomic E-state index is 6.24. The molecule has 1 spiro atoms. The van der Waals surface area contributed by atoms with E-state index in [9.17, 15) is 0 Å². The molecule has 3 heteroatoms. The first-order valence-electron chi connectivity index (χ1n) is 6.93. The fraction of sp³-hybridized carbons (Fsp3) is 0.929. The van der Waals surface area contributed by atoms with Crippen LogP contribution in [0.3, 0.4) is 0 Å². The van der Waals surface area contributed by atoms with E-state index in [4.69, 9.17) is 9.47 Å². The second-order valence-corrected chi connectivity index (χ2v) is 5.25. The molecule has 2 fully saturated rings. The van der Waals surface area contributed by atoms with E-state index >= 15 is 0 Å². The fourth-order valence-corrected chi connectivity index (χ4v) is 3.04. The number of ether oxygens (including phenoxy) is 2. The van der Waals surface area contributed by atoms with Crippen molar-refractivity contribution in [1.29, 1.82) is 0 Å². The van der Waals surface area contributed by atoms with Crippen molar-refractivity contribution in [2.24, 2.45) is 0 Å². The Kier molecular flexibility index (Phi) is 6.69. The van der Waals surface area contributed by atoms with Gasteiger partial charge in [0.1, 0.15) is 0 Å². The van der Waals surface area contributed by atoms with Gasteiger partial charge in [-0.1, -0.05) is 13.3 Å². The van der Waals surface area contributed by atoms with Crippen LogP contribution < -0.4 is 0 Å². The Morgan fingerprint density at radius 1 is 1.12 bits per heavy atom. The van der Waals surface area contributed by atoms with Gasteiger partial charge in [-0.2, -0.15) is 6.42 Å². The predicted molar refractivity (Wildman–Crippen MR) is 65.1 cm³/mol. The standard InChI is InChI=1S/C14H25O2.W/c1-3-7-13-9-6-11-14(16-13)10-5-8-12(4-2)15-14;/h12-13H,2-11H2,1H3;/q-1;. The average molecular weight is 409 g/mol. The van der Waals surface area contributed by atoms with Gasteiger partial charge in [0.2, 0.25) is 0 Å². The molecule has 0 N–H and O–H groups in total. The van der Waals surface area contributed by atoms with Crippen molar-refractivity contribution < 1.29 is 30.5 Å². The molecule has 0 aromatic carbocycles. The van der Waals surface area contributed by atoms with Gasteiger partial charge in [0, 0.05) is 40.0 Å². The van der Waals surface area contributed by atoms with Gasteiger partial charge in [-0.05, 0) is 32.1 Å². The van der Waals surface area contributed by atoms with Gasteiger partial charge in [-0.25, -0.2) is 0 Å². The second-order valence-electron chi connectivity index (χ2n) is 5.25. The number of hydrogen-bond acceptors (Lipinski definition) is 2. The minimum atomic E-state index is -0.237. The first-order valence-corrected chi connectivity index (χ1v) is 6.93. The summed E-state index contributed by atoms with van der Waals surface area (Å²) in [5.41, 5.74) is 0. The van der Waals surface area contributed by atoms with Crippen LogP contribution in [-0.4, -0.2) is 18.0 Å². The summed E-state index contributed by atoms with van der Waals surface area (Å²) in [6.07, 6.45) is 11.1. The van der Waals surface area contributed by atoms with Gasteiger partial charge < -0.3 is 16.4 Å². The molecule has 3 unspecified atom stereocenters. The van der Waals surface area contributed by atoms with Crippen LogP contribution in [0, 0.1) is 6.92 Å². The number of hydrogen-bond donors (Lipinski definition) is 0. The zero-order chi connectivity index (χ0) is 11.4. The van der Waals surface area contributed by atoms with E-state index < -0.39 is 0 Å². The molecule has 100 valence electrons. The van der Waals surface area contributed by atoms with Crippen molar-refractivity contribution in [3.63, 3.8) is 0 Å². The summed E-state index contributed by atoms with van der Waals surface area (Å²) in [6.45, 7) is 6.19. The summed E-state index contributed by atoms with van der Waals surface area (Å²) in [5, 5.41) is 0. The Labute approximate surface area is 120 Å². The zero-order valence-corrected chi connectivity index (χ0v) is 13.9. The van der Waals surface area contributed by atoms with Gasteiger partial charge >= 0.3 is 0 Å². The first-order chi connectivity index (χ1) is 7.78. The summed E-state index contributed by atoms with van der Waals surface area (Å²) < 4.78 is 12.4. The average Bonchev–Trinajstić information content (AvgIpc) is 2.29. The van der Waals surface area contributed by atoms with Crippen LogP contribution in [0.1, 0.15) is 64.7 Å². The largest absolute Gasteiger partial charge is 0.349 e. The molecule has 0 saturated carbocycles. The molecule has 2 heterocycles. The van der Waals surface area contributed by atoms with Gasteiger partial charge in [-0.15, -0.1) is 0 Å². The van der Waals surface area contributed by atoms with E-state index in [1.54, 1.807) is 0 Å². The summed E-state index contributed by atoms with van der Waals surface area (Å²) in [4.78, 5) is 0. The van der Waals surface area contributed by atoms with E-state index in [0.717, 1.165) is 25.7 Å². The van der Waals surface area contributed by atoms with Crippen molar-refractivity contribution >= 4 is 0 Å². The molecule has 0 aliphatic carbocycles. The minimum Gasteiger partial charge on any atom is -0.349 e. The monoisotopic (exact) mass is 409 g/mol. The topological polar surface area (TPSA) is 18.5 Å². The molecular formula is C14H25O2W-. The molecule has 2 saturated heterocycles. The Hall–Kier alpha value is 0.608. The van der Waals surface area contributed by atoms with Crippen LogP contribution in [0.2, 0.25) is 0 Å². The third-order valence-corrected chi connectivity index (χ3v) is 3.86. The Balaban J connectivity index is 0.00000144. The third-order valence-electron chi connectivity index (χ3n) is 3.86. The van der Waals surface area contributed by atoms with Crippen LogP contribution in [-0.2, 0) is 30.5 Å².